The zero-order valence-corrected chi connectivity index (χ0v) is 18.1. The van der Waals surface area contributed by atoms with Gasteiger partial charge in [0.25, 0.3) is 0 Å². The number of carbonyl (C=O) groups excluding carboxylic acids is 1. The predicted molar refractivity (Wildman–Crippen MR) is 120 cm³/mol. The van der Waals surface area contributed by atoms with E-state index in [4.69, 9.17) is 0 Å². The number of hydrogen-bond acceptors (Lipinski definition) is 4. The number of nitriles is 1. The van der Waals surface area contributed by atoms with E-state index in [1.54, 1.807) is 19.0 Å². The Kier molecular flexibility index (Phi) is 7.62. The highest BCUT2D eigenvalue weighted by Gasteiger charge is 2.34. The fourth-order valence-corrected chi connectivity index (χ4v) is 4.15. The average Bonchev–Trinajstić information content (AvgIpc) is 3.01. The molecule has 1 heterocycles. The third-order valence-corrected chi connectivity index (χ3v) is 6.07. The van der Waals surface area contributed by atoms with Gasteiger partial charge in [0, 0.05) is 33.7 Å². The minimum absolute atomic E-state index is 0.153. The molecule has 1 amide bonds. The SMILES string of the molecule is CN(C)C(=O)CN1CCCN(CCC(C#N)(c2ccccc2)c2ccccc2)CC1. The molecule has 1 fully saturated rings. The third-order valence-electron chi connectivity index (χ3n) is 6.07. The molecule has 2 aromatic carbocycles. The zero-order chi connectivity index (χ0) is 21.4. The standard InChI is InChI=1S/C25H32N4O/c1-27(2)24(30)20-29-16-9-15-28(18-19-29)17-14-25(21-26,22-10-5-3-6-11-22)23-12-7-4-8-13-23/h3-8,10-13H,9,14-20H2,1-2H3. The van der Waals surface area contributed by atoms with E-state index in [9.17, 15) is 10.1 Å². The normalized spacial score (nSPS) is 15.9. The summed E-state index contributed by atoms with van der Waals surface area (Å²) in [4.78, 5) is 18.4. The van der Waals surface area contributed by atoms with Crippen molar-refractivity contribution in [3.63, 3.8) is 0 Å². The quantitative estimate of drug-likeness (QED) is 0.712. The maximum Gasteiger partial charge on any atom is 0.236 e. The summed E-state index contributed by atoms with van der Waals surface area (Å²) >= 11 is 0. The van der Waals surface area contributed by atoms with Gasteiger partial charge in [-0.1, -0.05) is 60.7 Å². The summed E-state index contributed by atoms with van der Waals surface area (Å²) in [5.74, 6) is 0.153. The second kappa shape index (κ2) is 10.4. The van der Waals surface area contributed by atoms with Gasteiger partial charge < -0.3 is 9.80 Å². The molecule has 158 valence electrons. The third kappa shape index (κ3) is 5.27. The van der Waals surface area contributed by atoms with Gasteiger partial charge in [-0.2, -0.15) is 5.26 Å². The van der Waals surface area contributed by atoms with Crippen LogP contribution in [-0.2, 0) is 10.2 Å². The number of amides is 1. The second-order valence-corrected chi connectivity index (χ2v) is 8.26. The summed E-state index contributed by atoms with van der Waals surface area (Å²) in [7, 11) is 3.61. The van der Waals surface area contributed by atoms with Crippen molar-refractivity contribution in [2.24, 2.45) is 0 Å². The molecule has 5 heteroatoms. The molecule has 1 saturated heterocycles. The second-order valence-electron chi connectivity index (χ2n) is 8.26. The van der Waals surface area contributed by atoms with Crippen LogP contribution >= 0.6 is 0 Å². The van der Waals surface area contributed by atoms with Crippen LogP contribution in [0, 0.1) is 11.3 Å². The van der Waals surface area contributed by atoms with Gasteiger partial charge in [-0.3, -0.25) is 9.69 Å². The Hall–Kier alpha value is -2.68. The van der Waals surface area contributed by atoms with E-state index in [1.165, 1.54) is 0 Å². The molecule has 30 heavy (non-hydrogen) atoms. The molecule has 1 aliphatic heterocycles. The highest BCUT2D eigenvalue weighted by atomic mass is 16.2. The molecule has 0 aromatic heterocycles. The number of hydrogen-bond donors (Lipinski definition) is 0. The van der Waals surface area contributed by atoms with Crippen molar-refractivity contribution in [3.8, 4) is 6.07 Å². The van der Waals surface area contributed by atoms with Gasteiger partial charge in [0.1, 0.15) is 5.41 Å². The molecule has 0 spiro atoms. The van der Waals surface area contributed by atoms with Crippen molar-refractivity contribution in [2.75, 3.05) is 53.4 Å². The monoisotopic (exact) mass is 404 g/mol. The van der Waals surface area contributed by atoms with Crippen LogP contribution in [0.3, 0.4) is 0 Å². The molecule has 2 aromatic rings. The lowest BCUT2D eigenvalue weighted by atomic mass is 9.73. The van der Waals surface area contributed by atoms with Gasteiger partial charge in [0.2, 0.25) is 5.91 Å². The minimum Gasteiger partial charge on any atom is -0.348 e. The summed E-state index contributed by atoms with van der Waals surface area (Å²) in [5, 5.41) is 10.3. The highest BCUT2D eigenvalue weighted by molar-refractivity contribution is 5.77. The van der Waals surface area contributed by atoms with Crippen LogP contribution in [0.2, 0.25) is 0 Å². The van der Waals surface area contributed by atoms with Gasteiger partial charge in [-0.15, -0.1) is 0 Å². The first kappa shape index (κ1) is 22.0. The summed E-state index contributed by atoms with van der Waals surface area (Å²) in [6.45, 7) is 5.08. The van der Waals surface area contributed by atoms with Gasteiger partial charge in [-0.25, -0.2) is 0 Å². The number of nitrogens with zero attached hydrogens (tertiary/aromatic N) is 4. The van der Waals surface area contributed by atoms with Crippen molar-refractivity contribution in [2.45, 2.75) is 18.3 Å². The van der Waals surface area contributed by atoms with E-state index < -0.39 is 5.41 Å². The van der Waals surface area contributed by atoms with E-state index in [0.717, 1.165) is 56.7 Å². The molecule has 0 bridgehead atoms. The van der Waals surface area contributed by atoms with Crippen LogP contribution in [0.1, 0.15) is 24.0 Å². The first-order valence-corrected chi connectivity index (χ1v) is 10.7. The number of benzene rings is 2. The molecule has 0 N–H and O–H groups in total. The Bertz CT molecular complexity index is 805. The fraction of sp³-hybridized carbons (Fsp3) is 0.440. The Balaban J connectivity index is 1.71. The van der Waals surface area contributed by atoms with Crippen LogP contribution in [0.15, 0.2) is 60.7 Å². The molecular formula is C25H32N4O. The summed E-state index contributed by atoms with van der Waals surface area (Å²) < 4.78 is 0. The van der Waals surface area contributed by atoms with Crippen molar-refractivity contribution >= 4 is 5.91 Å². The van der Waals surface area contributed by atoms with Crippen molar-refractivity contribution < 1.29 is 4.79 Å². The lowest BCUT2D eigenvalue weighted by molar-refractivity contribution is -0.129. The largest absolute Gasteiger partial charge is 0.348 e. The Morgan fingerprint density at radius 1 is 0.933 bits per heavy atom. The van der Waals surface area contributed by atoms with E-state index >= 15 is 0 Å². The molecule has 0 radical (unpaired) electrons. The maximum atomic E-state index is 12.0. The van der Waals surface area contributed by atoms with Crippen LogP contribution < -0.4 is 0 Å². The maximum absolute atomic E-state index is 12.0. The highest BCUT2D eigenvalue weighted by Crippen LogP contribution is 2.35. The zero-order valence-electron chi connectivity index (χ0n) is 18.1. The van der Waals surface area contributed by atoms with E-state index in [2.05, 4.69) is 40.1 Å². The topological polar surface area (TPSA) is 50.6 Å². The lowest BCUT2D eigenvalue weighted by Gasteiger charge is -2.31. The van der Waals surface area contributed by atoms with E-state index in [0.29, 0.717) is 6.54 Å². The fourth-order valence-electron chi connectivity index (χ4n) is 4.15. The van der Waals surface area contributed by atoms with Crippen LogP contribution in [-0.4, -0.2) is 74.0 Å². The molecule has 1 aliphatic rings. The van der Waals surface area contributed by atoms with E-state index in [-0.39, 0.29) is 5.91 Å². The molecular weight excluding hydrogens is 372 g/mol. The van der Waals surface area contributed by atoms with Crippen LogP contribution in [0.25, 0.3) is 0 Å². The number of carbonyl (C=O) groups is 1. The lowest BCUT2D eigenvalue weighted by Crippen LogP contribution is -2.39. The molecule has 0 atom stereocenters. The smallest absolute Gasteiger partial charge is 0.236 e. The predicted octanol–water partition coefficient (Wildman–Crippen LogP) is 2.98. The van der Waals surface area contributed by atoms with Gasteiger partial charge >= 0.3 is 0 Å². The average molecular weight is 405 g/mol. The van der Waals surface area contributed by atoms with Crippen LogP contribution in [0.4, 0.5) is 0 Å². The molecule has 0 aliphatic carbocycles. The Labute approximate surface area is 180 Å². The van der Waals surface area contributed by atoms with Crippen molar-refractivity contribution in [3.05, 3.63) is 71.8 Å². The minimum atomic E-state index is -0.657. The molecule has 3 rings (SSSR count). The molecule has 5 nitrogen and oxygen atoms in total. The van der Waals surface area contributed by atoms with Crippen LogP contribution in [0.5, 0.6) is 0 Å². The summed E-state index contributed by atoms with van der Waals surface area (Å²) in [6, 6.07) is 22.9. The van der Waals surface area contributed by atoms with Gasteiger partial charge in [0.05, 0.1) is 12.6 Å². The van der Waals surface area contributed by atoms with Crippen molar-refractivity contribution in [1.29, 1.82) is 5.26 Å². The first-order chi connectivity index (χ1) is 14.5. The summed E-state index contributed by atoms with van der Waals surface area (Å²) in [5.41, 5.74) is 1.44. The number of likely N-dealkylation sites (N-methyl/N-ethyl adjacent to an activating group) is 1. The van der Waals surface area contributed by atoms with Gasteiger partial charge in [0.15, 0.2) is 0 Å². The van der Waals surface area contributed by atoms with Gasteiger partial charge in [-0.05, 0) is 37.1 Å². The Morgan fingerprint density at radius 3 is 2.00 bits per heavy atom. The molecule has 0 saturated carbocycles. The summed E-state index contributed by atoms with van der Waals surface area (Å²) in [6.07, 6.45) is 1.78. The Morgan fingerprint density at radius 2 is 1.47 bits per heavy atom. The molecule has 0 unspecified atom stereocenters. The first-order valence-electron chi connectivity index (χ1n) is 10.7. The van der Waals surface area contributed by atoms with E-state index in [1.807, 2.05) is 36.4 Å². The van der Waals surface area contributed by atoms with Crippen molar-refractivity contribution in [1.82, 2.24) is 14.7 Å². The number of rotatable bonds is 7.